The van der Waals surface area contributed by atoms with Gasteiger partial charge in [-0.3, -0.25) is 9.48 Å². The maximum absolute atomic E-state index is 12.8. The molecule has 1 aromatic heterocycles. The number of carboxylic acid groups (broad SMARTS) is 1. The van der Waals surface area contributed by atoms with Crippen molar-refractivity contribution in [3.8, 4) is 17.0 Å². The van der Waals surface area contributed by atoms with Crippen LogP contribution in [0, 0.1) is 6.92 Å². The highest BCUT2D eigenvalue weighted by atomic mass is 19.4. The molecule has 0 aliphatic heterocycles. The van der Waals surface area contributed by atoms with Gasteiger partial charge in [-0.25, -0.2) is 10.2 Å². The molecule has 0 spiro atoms. The van der Waals surface area contributed by atoms with Gasteiger partial charge in [-0.05, 0) is 49.7 Å². The highest BCUT2D eigenvalue weighted by Gasteiger charge is 2.30. The van der Waals surface area contributed by atoms with Crippen molar-refractivity contribution in [2.75, 3.05) is 0 Å². The van der Waals surface area contributed by atoms with Gasteiger partial charge in [-0.1, -0.05) is 12.1 Å². The minimum atomic E-state index is -4.48. The van der Waals surface area contributed by atoms with E-state index in [-0.39, 0.29) is 34.0 Å². The lowest BCUT2D eigenvalue weighted by molar-refractivity contribution is -0.137. The number of hydrogen-bond donors (Lipinski definition) is 3. The standard InChI is InChI=1S/C22H19F3N4O4/c1-11-10-14(6-9-16(11)21(32)33)20(31)27-26-12(2)17-19(30)18(29(3)28-17)13-4-7-15(8-5-13)22(23,24)25/h4-10,30H,1-3H3,(H,27,31)(H,32,33)/b26-12+. The Morgan fingerprint density at radius 3 is 2.30 bits per heavy atom. The van der Waals surface area contributed by atoms with Crippen LogP contribution in [0.4, 0.5) is 13.2 Å². The van der Waals surface area contributed by atoms with Crippen molar-refractivity contribution in [2.24, 2.45) is 12.1 Å². The lowest BCUT2D eigenvalue weighted by atomic mass is 10.1. The summed E-state index contributed by atoms with van der Waals surface area (Å²) in [5.74, 6) is -2.02. The van der Waals surface area contributed by atoms with Gasteiger partial charge >= 0.3 is 12.1 Å². The molecule has 3 N–H and O–H groups in total. The Morgan fingerprint density at radius 2 is 1.76 bits per heavy atom. The smallest absolute Gasteiger partial charge is 0.416 e. The summed E-state index contributed by atoms with van der Waals surface area (Å²) in [6, 6.07) is 8.31. The summed E-state index contributed by atoms with van der Waals surface area (Å²) in [5, 5.41) is 27.8. The van der Waals surface area contributed by atoms with E-state index in [4.69, 9.17) is 5.11 Å². The van der Waals surface area contributed by atoms with Crippen LogP contribution in [0.3, 0.4) is 0 Å². The van der Waals surface area contributed by atoms with Crippen LogP contribution in [0.1, 0.15) is 44.5 Å². The van der Waals surface area contributed by atoms with Gasteiger partial charge in [0.05, 0.1) is 16.8 Å². The fraction of sp³-hybridized carbons (Fsp3) is 0.182. The highest BCUT2D eigenvalue weighted by Crippen LogP contribution is 2.35. The molecule has 3 rings (SSSR count). The number of benzene rings is 2. The molecule has 0 fully saturated rings. The second-order valence-electron chi connectivity index (χ2n) is 7.22. The van der Waals surface area contributed by atoms with Crippen molar-refractivity contribution >= 4 is 17.6 Å². The number of aromatic hydroxyl groups is 1. The monoisotopic (exact) mass is 460 g/mol. The number of aryl methyl sites for hydroxylation is 2. The number of aromatic carboxylic acids is 1. The summed E-state index contributed by atoms with van der Waals surface area (Å²) in [5.41, 5.74) is 2.82. The van der Waals surface area contributed by atoms with Crippen LogP contribution >= 0.6 is 0 Å². The van der Waals surface area contributed by atoms with Crippen LogP contribution in [0.5, 0.6) is 5.75 Å². The Kier molecular flexibility index (Phi) is 6.25. The first-order chi connectivity index (χ1) is 15.4. The number of carbonyl (C=O) groups excluding carboxylic acids is 1. The molecule has 0 saturated heterocycles. The van der Waals surface area contributed by atoms with Crippen LogP contribution < -0.4 is 5.43 Å². The van der Waals surface area contributed by atoms with Crippen LogP contribution in [-0.2, 0) is 13.2 Å². The number of alkyl halides is 3. The van der Waals surface area contributed by atoms with Crippen molar-refractivity contribution in [2.45, 2.75) is 20.0 Å². The predicted octanol–water partition coefficient (Wildman–Crippen LogP) is 3.97. The molecule has 0 unspecified atom stereocenters. The molecule has 0 aliphatic rings. The average Bonchev–Trinajstić information content (AvgIpc) is 3.04. The van der Waals surface area contributed by atoms with E-state index in [1.165, 1.54) is 49.0 Å². The van der Waals surface area contributed by atoms with Gasteiger partial charge in [-0.2, -0.15) is 23.4 Å². The molecular weight excluding hydrogens is 441 g/mol. The van der Waals surface area contributed by atoms with E-state index in [2.05, 4.69) is 15.6 Å². The summed E-state index contributed by atoms with van der Waals surface area (Å²) in [4.78, 5) is 23.5. The van der Waals surface area contributed by atoms with Crippen molar-refractivity contribution < 1.29 is 33.0 Å². The molecule has 0 atom stereocenters. The first-order valence-electron chi connectivity index (χ1n) is 9.52. The fourth-order valence-corrected chi connectivity index (χ4v) is 3.19. The van der Waals surface area contributed by atoms with E-state index < -0.39 is 23.6 Å². The molecule has 2 aromatic carbocycles. The quantitative estimate of drug-likeness (QED) is 0.394. The second-order valence-corrected chi connectivity index (χ2v) is 7.22. The van der Waals surface area contributed by atoms with Gasteiger partial charge in [0.25, 0.3) is 5.91 Å². The Hall–Kier alpha value is -4.15. The van der Waals surface area contributed by atoms with Crippen LogP contribution in [-0.4, -0.2) is 37.6 Å². The number of rotatable bonds is 5. The predicted molar refractivity (Wildman–Crippen MR) is 113 cm³/mol. The van der Waals surface area contributed by atoms with Gasteiger partial charge in [0.1, 0.15) is 5.69 Å². The zero-order chi connectivity index (χ0) is 24.5. The van der Waals surface area contributed by atoms with Gasteiger partial charge in [0.2, 0.25) is 0 Å². The largest absolute Gasteiger partial charge is 0.504 e. The maximum atomic E-state index is 12.8. The highest BCUT2D eigenvalue weighted by molar-refractivity contribution is 6.03. The number of carboxylic acids is 1. The molecule has 172 valence electrons. The van der Waals surface area contributed by atoms with Crippen LogP contribution in [0.2, 0.25) is 0 Å². The van der Waals surface area contributed by atoms with Crippen LogP contribution in [0.15, 0.2) is 47.6 Å². The molecule has 0 aliphatic carbocycles. The molecule has 1 amide bonds. The lowest BCUT2D eigenvalue weighted by Crippen LogP contribution is -2.20. The third-order valence-electron chi connectivity index (χ3n) is 4.89. The molecule has 8 nitrogen and oxygen atoms in total. The van der Waals surface area contributed by atoms with Crippen molar-refractivity contribution in [1.82, 2.24) is 15.2 Å². The third-order valence-corrected chi connectivity index (χ3v) is 4.89. The third kappa shape index (κ3) is 4.86. The summed E-state index contributed by atoms with van der Waals surface area (Å²) >= 11 is 0. The fourth-order valence-electron chi connectivity index (χ4n) is 3.19. The number of hydrogen-bond acceptors (Lipinski definition) is 5. The zero-order valence-electron chi connectivity index (χ0n) is 17.7. The summed E-state index contributed by atoms with van der Waals surface area (Å²) < 4.78 is 39.7. The number of hydrazone groups is 1. The Labute approximate surface area is 186 Å². The number of halogens is 3. The molecule has 33 heavy (non-hydrogen) atoms. The molecular formula is C22H19F3N4O4. The Morgan fingerprint density at radius 1 is 1.12 bits per heavy atom. The number of aromatic nitrogens is 2. The van der Waals surface area contributed by atoms with E-state index in [9.17, 15) is 27.9 Å². The van der Waals surface area contributed by atoms with Crippen LogP contribution in [0.25, 0.3) is 11.3 Å². The molecule has 11 heteroatoms. The number of amides is 1. The Balaban J connectivity index is 1.83. The van der Waals surface area contributed by atoms with E-state index >= 15 is 0 Å². The molecule has 3 aromatic rings. The molecule has 0 bridgehead atoms. The van der Waals surface area contributed by atoms with E-state index in [0.717, 1.165) is 12.1 Å². The number of nitrogens with one attached hydrogen (secondary N) is 1. The van der Waals surface area contributed by atoms with Crippen molar-refractivity contribution in [3.63, 3.8) is 0 Å². The van der Waals surface area contributed by atoms with E-state index in [0.29, 0.717) is 11.1 Å². The second kappa shape index (κ2) is 8.77. The summed E-state index contributed by atoms with van der Waals surface area (Å²) in [6.45, 7) is 3.04. The minimum absolute atomic E-state index is 0.0325. The van der Waals surface area contributed by atoms with E-state index in [1.54, 1.807) is 6.92 Å². The van der Waals surface area contributed by atoms with E-state index in [1.807, 2.05) is 0 Å². The average molecular weight is 460 g/mol. The molecule has 0 radical (unpaired) electrons. The van der Waals surface area contributed by atoms with Gasteiger partial charge in [0, 0.05) is 18.2 Å². The molecule has 0 saturated carbocycles. The number of carbonyl (C=O) groups is 2. The normalized spacial score (nSPS) is 12.0. The van der Waals surface area contributed by atoms with Crippen molar-refractivity contribution in [3.05, 3.63) is 70.4 Å². The lowest BCUT2D eigenvalue weighted by Gasteiger charge is -2.08. The first kappa shape index (κ1) is 23.5. The Bertz CT molecular complexity index is 1260. The maximum Gasteiger partial charge on any atom is 0.416 e. The van der Waals surface area contributed by atoms with Crippen molar-refractivity contribution in [1.29, 1.82) is 0 Å². The molecule has 1 heterocycles. The first-order valence-corrected chi connectivity index (χ1v) is 9.52. The zero-order valence-corrected chi connectivity index (χ0v) is 17.7. The summed E-state index contributed by atoms with van der Waals surface area (Å²) in [6.07, 6.45) is -4.48. The van der Waals surface area contributed by atoms with Gasteiger partial charge < -0.3 is 10.2 Å². The minimum Gasteiger partial charge on any atom is -0.504 e. The van der Waals surface area contributed by atoms with Gasteiger partial charge in [0.15, 0.2) is 11.4 Å². The summed E-state index contributed by atoms with van der Waals surface area (Å²) in [7, 11) is 1.51. The topological polar surface area (TPSA) is 117 Å². The van der Waals surface area contributed by atoms with Gasteiger partial charge in [-0.15, -0.1) is 0 Å². The SMILES string of the molecule is C/C(=N\NC(=O)c1ccc(C(=O)O)c(C)c1)c1nn(C)c(-c2ccc(C(F)(F)F)cc2)c1O. The number of nitrogens with zero attached hydrogens (tertiary/aromatic N) is 3.